The van der Waals surface area contributed by atoms with Gasteiger partial charge in [0.05, 0.1) is 21.7 Å². The number of aromatic nitrogens is 4. The molecule has 0 aliphatic carbocycles. The molecule has 0 radical (unpaired) electrons. The molecule has 186 valence electrons. The molecule has 1 saturated heterocycles. The average molecular weight is 521 g/mol. The molecule has 1 aliphatic heterocycles. The number of hydrogen-bond acceptors (Lipinski definition) is 5. The van der Waals surface area contributed by atoms with Crippen LogP contribution < -0.4 is 4.90 Å². The van der Waals surface area contributed by atoms with Gasteiger partial charge in [-0.25, -0.2) is 4.68 Å². The number of aryl methyl sites for hydroxylation is 1. The zero-order valence-corrected chi connectivity index (χ0v) is 21.7. The average Bonchev–Trinajstić information content (AvgIpc) is 3.38. The Morgan fingerprint density at radius 3 is 2.03 bits per heavy atom. The van der Waals surface area contributed by atoms with Crippen LogP contribution in [-0.4, -0.2) is 57.8 Å². The molecular formula is C28H30Cl2N6. The summed E-state index contributed by atoms with van der Waals surface area (Å²) < 4.78 is 1.98. The number of benzene rings is 3. The zero-order chi connectivity index (χ0) is 24.7. The van der Waals surface area contributed by atoms with Crippen molar-refractivity contribution >= 4 is 28.9 Å². The van der Waals surface area contributed by atoms with Crippen molar-refractivity contribution in [1.82, 2.24) is 25.1 Å². The Labute approximate surface area is 222 Å². The lowest BCUT2D eigenvalue weighted by molar-refractivity contribution is 0.250. The van der Waals surface area contributed by atoms with Gasteiger partial charge >= 0.3 is 0 Å². The van der Waals surface area contributed by atoms with Crippen LogP contribution in [0.4, 0.5) is 5.69 Å². The van der Waals surface area contributed by atoms with Gasteiger partial charge in [0.15, 0.2) is 5.82 Å². The first-order chi connectivity index (χ1) is 17.7. The Bertz CT molecular complexity index is 1200. The largest absolute Gasteiger partial charge is 0.368 e. The number of rotatable bonds is 9. The fourth-order valence-corrected chi connectivity index (χ4v) is 5.32. The van der Waals surface area contributed by atoms with Crippen molar-refractivity contribution in [3.63, 3.8) is 0 Å². The lowest BCUT2D eigenvalue weighted by atomic mass is 9.90. The van der Waals surface area contributed by atoms with Gasteiger partial charge in [-0.3, -0.25) is 4.90 Å². The second-order valence-corrected chi connectivity index (χ2v) is 9.91. The van der Waals surface area contributed by atoms with E-state index in [-0.39, 0.29) is 5.92 Å². The lowest BCUT2D eigenvalue weighted by Crippen LogP contribution is -2.46. The minimum absolute atomic E-state index is 0.00814. The smallest absolute Gasteiger partial charge is 0.163 e. The van der Waals surface area contributed by atoms with Crippen molar-refractivity contribution < 1.29 is 0 Å². The molecule has 3 aromatic carbocycles. The van der Waals surface area contributed by atoms with Gasteiger partial charge < -0.3 is 4.90 Å². The molecule has 6 nitrogen and oxygen atoms in total. The van der Waals surface area contributed by atoms with Crippen LogP contribution in [0.5, 0.6) is 0 Å². The molecule has 1 aromatic heterocycles. The van der Waals surface area contributed by atoms with Crippen molar-refractivity contribution in [3.05, 3.63) is 106 Å². The third-order valence-electron chi connectivity index (χ3n) is 6.82. The Morgan fingerprint density at radius 2 is 1.36 bits per heavy atom. The minimum Gasteiger partial charge on any atom is -0.368 e. The van der Waals surface area contributed by atoms with Gasteiger partial charge in [-0.2, -0.15) is 0 Å². The Kier molecular flexibility index (Phi) is 8.16. The molecule has 0 amide bonds. The second-order valence-electron chi connectivity index (χ2n) is 9.12. The maximum absolute atomic E-state index is 6.42. The molecule has 36 heavy (non-hydrogen) atoms. The summed E-state index contributed by atoms with van der Waals surface area (Å²) in [5.74, 6) is 0.896. The van der Waals surface area contributed by atoms with E-state index < -0.39 is 0 Å². The summed E-state index contributed by atoms with van der Waals surface area (Å²) in [6.45, 7) is 5.80. The highest BCUT2D eigenvalue weighted by atomic mass is 35.5. The van der Waals surface area contributed by atoms with E-state index in [1.54, 1.807) is 0 Å². The first-order valence-corrected chi connectivity index (χ1v) is 13.2. The standard InChI is InChI=1S/C28H30Cl2N6/c29-24-14-9-15-25(27(24)30)35-20-18-34(19-21-35)16-7-8-17-36-28(31-32-33-36)26(22-10-3-1-4-11-22)23-12-5-2-6-13-23/h1-6,9-15,26H,7-8,16-21H2. The summed E-state index contributed by atoms with van der Waals surface area (Å²) in [5, 5.41) is 14.1. The van der Waals surface area contributed by atoms with Crippen LogP contribution in [0.3, 0.4) is 0 Å². The molecule has 1 aliphatic rings. The molecule has 4 aromatic rings. The fourth-order valence-electron chi connectivity index (χ4n) is 4.91. The van der Waals surface area contributed by atoms with E-state index in [1.807, 2.05) is 35.0 Å². The molecule has 0 bridgehead atoms. The monoisotopic (exact) mass is 520 g/mol. The van der Waals surface area contributed by atoms with Gasteiger partial charge in [0.1, 0.15) is 0 Å². The van der Waals surface area contributed by atoms with Gasteiger partial charge in [0, 0.05) is 32.7 Å². The molecular weight excluding hydrogens is 491 g/mol. The maximum atomic E-state index is 6.42. The van der Waals surface area contributed by atoms with Crippen LogP contribution in [0.25, 0.3) is 0 Å². The number of unbranched alkanes of at least 4 members (excludes halogenated alkanes) is 1. The Morgan fingerprint density at radius 1 is 0.722 bits per heavy atom. The van der Waals surface area contributed by atoms with Crippen LogP contribution in [0, 0.1) is 0 Å². The topological polar surface area (TPSA) is 50.1 Å². The number of tetrazole rings is 1. The maximum Gasteiger partial charge on any atom is 0.163 e. The van der Waals surface area contributed by atoms with Crippen molar-refractivity contribution in [2.24, 2.45) is 0 Å². The van der Waals surface area contributed by atoms with E-state index in [4.69, 9.17) is 23.2 Å². The SMILES string of the molecule is Clc1cccc(N2CCN(CCCCn3nnnc3C(c3ccccc3)c3ccccc3)CC2)c1Cl. The van der Waals surface area contributed by atoms with Gasteiger partial charge in [-0.15, -0.1) is 5.10 Å². The number of hydrogen-bond donors (Lipinski definition) is 0. The number of nitrogens with zero attached hydrogens (tertiary/aromatic N) is 6. The van der Waals surface area contributed by atoms with E-state index >= 15 is 0 Å². The summed E-state index contributed by atoms with van der Waals surface area (Å²) in [7, 11) is 0. The molecule has 1 fully saturated rings. The Hall–Kier alpha value is -2.93. The number of halogens is 2. The Balaban J connectivity index is 1.16. The van der Waals surface area contributed by atoms with Crippen LogP contribution in [0.1, 0.15) is 35.7 Å². The third-order valence-corrected chi connectivity index (χ3v) is 7.63. The van der Waals surface area contributed by atoms with Crippen molar-refractivity contribution in [1.29, 1.82) is 0 Å². The van der Waals surface area contributed by atoms with Gasteiger partial charge in [-0.1, -0.05) is 89.9 Å². The summed E-state index contributed by atoms with van der Waals surface area (Å²) in [6.07, 6.45) is 2.12. The first kappa shape index (κ1) is 24.8. The normalized spacial score (nSPS) is 14.5. The van der Waals surface area contributed by atoms with Crippen molar-refractivity contribution in [2.75, 3.05) is 37.6 Å². The summed E-state index contributed by atoms with van der Waals surface area (Å²) in [6, 6.07) is 26.8. The highest BCUT2D eigenvalue weighted by Gasteiger charge is 2.23. The predicted octanol–water partition coefficient (Wildman–Crippen LogP) is 5.76. The second kappa shape index (κ2) is 11.9. The summed E-state index contributed by atoms with van der Waals surface area (Å²) in [4.78, 5) is 4.84. The quantitative estimate of drug-likeness (QED) is 0.262. The minimum atomic E-state index is 0.00814. The zero-order valence-electron chi connectivity index (χ0n) is 20.2. The fraction of sp³-hybridized carbons (Fsp3) is 0.321. The van der Waals surface area contributed by atoms with E-state index in [0.29, 0.717) is 10.0 Å². The molecule has 0 saturated carbocycles. The highest BCUT2D eigenvalue weighted by Crippen LogP contribution is 2.33. The van der Waals surface area contributed by atoms with Crippen molar-refractivity contribution in [2.45, 2.75) is 25.3 Å². The summed E-state index contributed by atoms with van der Waals surface area (Å²) in [5.41, 5.74) is 3.41. The number of anilines is 1. The predicted molar refractivity (Wildman–Crippen MR) is 146 cm³/mol. The molecule has 0 spiro atoms. The molecule has 5 rings (SSSR count). The lowest BCUT2D eigenvalue weighted by Gasteiger charge is -2.36. The van der Waals surface area contributed by atoms with Crippen LogP contribution >= 0.6 is 23.2 Å². The van der Waals surface area contributed by atoms with Gasteiger partial charge in [0.25, 0.3) is 0 Å². The highest BCUT2D eigenvalue weighted by molar-refractivity contribution is 6.43. The van der Waals surface area contributed by atoms with Gasteiger partial charge in [-0.05, 0) is 53.1 Å². The van der Waals surface area contributed by atoms with Gasteiger partial charge in [0.2, 0.25) is 0 Å². The van der Waals surface area contributed by atoms with Crippen LogP contribution in [-0.2, 0) is 6.54 Å². The van der Waals surface area contributed by atoms with E-state index in [0.717, 1.165) is 63.6 Å². The van der Waals surface area contributed by atoms with E-state index in [2.05, 4.69) is 73.9 Å². The molecule has 0 unspecified atom stereocenters. The third kappa shape index (κ3) is 5.72. The molecule has 8 heteroatoms. The van der Waals surface area contributed by atoms with Crippen molar-refractivity contribution in [3.8, 4) is 0 Å². The molecule has 2 heterocycles. The number of piperazine rings is 1. The van der Waals surface area contributed by atoms with E-state index in [1.165, 1.54) is 11.1 Å². The van der Waals surface area contributed by atoms with Crippen LogP contribution in [0.2, 0.25) is 10.0 Å². The molecule has 0 atom stereocenters. The van der Waals surface area contributed by atoms with Crippen LogP contribution in [0.15, 0.2) is 78.9 Å². The summed E-state index contributed by atoms with van der Waals surface area (Å²) >= 11 is 12.6. The molecule has 0 N–H and O–H groups in total. The van der Waals surface area contributed by atoms with E-state index in [9.17, 15) is 0 Å². The first-order valence-electron chi connectivity index (χ1n) is 12.5.